The molecule has 1 aromatic heterocycles. The maximum Gasteiger partial charge on any atom is 0.255 e. The average Bonchev–Trinajstić information content (AvgIpc) is 2.79. The number of rotatable bonds is 3. The number of nitrogens with one attached hydrogen (secondary N) is 1. The number of carbonyl (C=O) groups is 1. The number of amides is 1. The maximum atomic E-state index is 12.2. The smallest absolute Gasteiger partial charge is 0.255 e. The van der Waals surface area contributed by atoms with Gasteiger partial charge in [-0.3, -0.25) is 4.79 Å². The van der Waals surface area contributed by atoms with Crippen molar-refractivity contribution in [3.8, 4) is 0 Å². The molecule has 1 fully saturated rings. The quantitative estimate of drug-likeness (QED) is 0.864. The molecule has 0 spiro atoms. The molecule has 100 valence electrons. The van der Waals surface area contributed by atoms with Crippen molar-refractivity contribution in [1.82, 2.24) is 5.32 Å². The second-order valence-corrected chi connectivity index (χ2v) is 5.51. The number of aryl methyl sites for hydroxylation is 1. The van der Waals surface area contributed by atoms with Crippen molar-refractivity contribution in [2.75, 3.05) is 6.54 Å². The summed E-state index contributed by atoms with van der Waals surface area (Å²) in [6.45, 7) is 4.55. The summed E-state index contributed by atoms with van der Waals surface area (Å²) in [5.74, 6) is 1.32. The van der Waals surface area contributed by atoms with Gasteiger partial charge < -0.3 is 15.5 Å². The lowest BCUT2D eigenvalue weighted by Gasteiger charge is -2.39. The third kappa shape index (κ3) is 2.58. The van der Waals surface area contributed by atoms with E-state index < -0.39 is 0 Å². The molecule has 0 unspecified atom stereocenters. The maximum absolute atomic E-state index is 12.2. The van der Waals surface area contributed by atoms with Crippen LogP contribution in [0.4, 0.5) is 0 Å². The standard InChI is InChI=1S/C14H22N2O2/c1-10-3-6-14(9-15,7-4-10)16-13(17)12-5-8-18-11(12)2/h5,8,10H,3-4,6-7,9,15H2,1-2H3,(H,16,17). The monoisotopic (exact) mass is 250 g/mol. The molecule has 1 aromatic rings. The summed E-state index contributed by atoms with van der Waals surface area (Å²) >= 11 is 0. The van der Waals surface area contributed by atoms with Crippen LogP contribution in [0.1, 0.15) is 48.7 Å². The predicted molar refractivity (Wildman–Crippen MR) is 70.3 cm³/mol. The molecule has 0 aliphatic heterocycles. The summed E-state index contributed by atoms with van der Waals surface area (Å²) in [5.41, 5.74) is 6.27. The van der Waals surface area contributed by atoms with Gasteiger partial charge in [-0.15, -0.1) is 0 Å². The Hall–Kier alpha value is -1.29. The summed E-state index contributed by atoms with van der Waals surface area (Å²) in [5, 5.41) is 3.12. The SMILES string of the molecule is Cc1occc1C(=O)NC1(CN)CCC(C)CC1. The third-order valence-electron chi connectivity index (χ3n) is 4.10. The van der Waals surface area contributed by atoms with Gasteiger partial charge in [-0.1, -0.05) is 6.92 Å². The van der Waals surface area contributed by atoms with Crippen LogP contribution < -0.4 is 11.1 Å². The molecule has 3 N–H and O–H groups in total. The van der Waals surface area contributed by atoms with Gasteiger partial charge in [0.25, 0.3) is 5.91 Å². The number of hydrogen-bond donors (Lipinski definition) is 2. The molecular formula is C14H22N2O2. The van der Waals surface area contributed by atoms with Crippen molar-refractivity contribution < 1.29 is 9.21 Å². The van der Waals surface area contributed by atoms with Crippen molar-refractivity contribution in [3.63, 3.8) is 0 Å². The Morgan fingerprint density at radius 2 is 2.22 bits per heavy atom. The molecule has 0 atom stereocenters. The fourth-order valence-corrected chi connectivity index (χ4v) is 2.62. The molecule has 0 bridgehead atoms. The van der Waals surface area contributed by atoms with Crippen LogP contribution in [-0.2, 0) is 0 Å². The molecule has 4 nitrogen and oxygen atoms in total. The Morgan fingerprint density at radius 1 is 1.56 bits per heavy atom. The highest BCUT2D eigenvalue weighted by atomic mass is 16.3. The summed E-state index contributed by atoms with van der Waals surface area (Å²) in [4.78, 5) is 12.2. The van der Waals surface area contributed by atoms with E-state index in [4.69, 9.17) is 10.2 Å². The van der Waals surface area contributed by atoms with Crippen molar-refractivity contribution >= 4 is 5.91 Å². The van der Waals surface area contributed by atoms with Crippen molar-refractivity contribution in [3.05, 3.63) is 23.7 Å². The van der Waals surface area contributed by atoms with Crippen molar-refractivity contribution in [2.45, 2.75) is 45.1 Å². The Balaban J connectivity index is 2.07. The lowest BCUT2D eigenvalue weighted by Crippen LogP contribution is -2.55. The number of carbonyl (C=O) groups excluding carboxylic acids is 1. The van der Waals surface area contributed by atoms with Crippen molar-refractivity contribution in [2.24, 2.45) is 11.7 Å². The van der Waals surface area contributed by atoms with Gasteiger partial charge in [0.05, 0.1) is 17.4 Å². The molecule has 1 heterocycles. The van der Waals surface area contributed by atoms with Gasteiger partial charge in [-0.25, -0.2) is 0 Å². The molecule has 1 aliphatic carbocycles. The van der Waals surface area contributed by atoms with E-state index >= 15 is 0 Å². The van der Waals surface area contributed by atoms with E-state index in [1.165, 1.54) is 0 Å². The lowest BCUT2D eigenvalue weighted by atomic mass is 9.77. The second-order valence-electron chi connectivity index (χ2n) is 5.51. The van der Waals surface area contributed by atoms with Gasteiger partial charge in [-0.2, -0.15) is 0 Å². The highest BCUT2D eigenvalue weighted by Gasteiger charge is 2.34. The van der Waals surface area contributed by atoms with Gasteiger partial charge in [-0.05, 0) is 44.6 Å². The van der Waals surface area contributed by atoms with E-state index in [0.29, 0.717) is 17.9 Å². The fourth-order valence-electron chi connectivity index (χ4n) is 2.62. The minimum atomic E-state index is -0.229. The molecule has 0 aromatic carbocycles. The van der Waals surface area contributed by atoms with E-state index in [0.717, 1.165) is 31.6 Å². The van der Waals surface area contributed by atoms with E-state index in [9.17, 15) is 4.79 Å². The Bertz CT molecular complexity index is 417. The molecule has 1 aliphatic rings. The fraction of sp³-hybridized carbons (Fsp3) is 0.643. The van der Waals surface area contributed by atoms with Crippen LogP contribution in [0.2, 0.25) is 0 Å². The summed E-state index contributed by atoms with van der Waals surface area (Å²) in [6.07, 6.45) is 5.73. The van der Waals surface area contributed by atoms with Crippen molar-refractivity contribution in [1.29, 1.82) is 0 Å². The average molecular weight is 250 g/mol. The predicted octanol–water partition coefficient (Wildman–Crippen LogP) is 2.23. The van der Waals surface area contributed by atoms with Gasteiger partial charge in [0.15, 0.2) is 0 Å². The number of nitrogens with two attached hydrogens (primary N) is 1. The molecule has 4 heteroatoms. The normalized spacial score (nSPS) is 28.1. The minimum Gasteiger partial charge on any atom is -0.469 e. The molecule has 18 heavy (non-hydrogen) atoms. The highest BCUT2D eigenvalue weighted by Crippen LogP contribution is 2.31. The first-order chi connectivity index (χ1) is 8.56. The Labute approximate surface area is 108 Å². The van der Waals surface area contributed by atoms with Crippen LogP contribution in [-0.4, -0.2) is 18.0 Å². The van der Waals surface area contributed by atoms with Crippen LogP contribution in [0.25, 0.3) is 0 Å². The van der Waals surface area contributed by atoms with E-state index in [1.807, 2.05) is 0 Å². The zero-order valence-corrected chi connectivity index (χ0v) is 11.2. The third-order valence-corrected chi connectivity index (χ3v) is 4.10. The molecular weight excluding hydrogens is 228 g/mol. The number of hydrogen-bond acceptors (Lipinski definition) is 3. The van der Waals surface area contributed by atoms with Crippen LogP contribution in [0, 0.1) is 12.8 Å². The zero-order chi connectivity index (χ0) is 13.2. The summed E-state index contributed by atoms with van der Waals surface area (Å²) in [7, 11) is 0. The number of furan rings is 1. The summed E-state index contributed by atoms with van der Waals surface area (Å²) < 4.78 is 5.17. The topological polar surface area (TPSA) is 68.3 Å². The molecule has 1 saturated carbocycles. The largest absolute Gasteiger partial charge is 0.469 e. The van der Waals surface area contributed by atoms with E-state index in [2.05, 4.69) is 12.2 Å². The van der Waals surface area contributed by atoms with Gasteiger partial charge in [0, 0.05) is 6.54 Å². The van der Waals surface area contributed by atoms with Gasteiger partial charge in [0.1, 0.15) is 5.76 Å². The first-order valence-electron chi connectivity index (χ1n) is 6.63. The Morgan fingerprint density at radius 3 is 2.72 bits per heavy atom. The summed E-state index contributed by atoms with van der Waals surface area (Å²) in [6, 6.07) is 1.71. The molecule has 0 saturated heterocycles. The lowest BCUT2D eigenvalue weighted by molar-refractivity contribution is 0.0858. The first-order valence-corrected chi connectivity index (χ1v) is 6.63. The minimum absolute atomic E-state index is 0.0683. The highest BCUT2D eigenvalue weighted by molar-refractivity contribution is 5.95. The first kappa shape index (κ1) is 13.1. The zero-order valence-electron chi connectivity index (χ0n) is 11.2. The van der Waals surface area contributed by atoms with Crippen LogP contribution >= 0.6 is 0 Å². The van der Waals surface area contributed by atoms with E-state index in [1.54, 1.807) is 19.3 Å². The second kappa shape index (κ2) is 5.14. The Kier molecular flexibility index (Phi) is 3.76. The van der Waals surface area contributed by atoms with Gasteiger partial charge in [0.2, 0.25) is 0 Å². The van der Waals surface area contributed by atoms with Crippen LogP contribution in [0.3, 0.4) is 0 Å². The van der Waals surface area contributed by atoms with Crippen LogP contribution in [0.5, 0.6) is 0 Å². The van der Waals surface area contributed by atoms with Gasteiger partial charge >= 0.3 is 0 Å². The van der Waals surface area contributed by atoms with E-state index in [-0.39, 0.29) is 11.4 Å². The van der Waals surface area contributed by atoms with Crippen LogP contribution in [0.15, 0.2) is 16.7 Å². The molecule has 2 rings (SSSR count). The molecule has 1 amide bonds. The molecule has 0 radical (unpaired) electrons.